The molecular formula is C16H24FN3S. The molecule has 2 aliphatic rings. The highest BCUT2D eigenvalue weighted by Gasteiger charge is 2.32. The third-order valence-electron chi connectivity index (χ3n) is 4.49. The van der Waals surface area contributed by atoms with Gasteiger partial charge in [-0.2, -0.15) is 0 Å². The summed E-state index contributed by atoms with van der Waals surface area (Å²) in [4.78, 5) is 6.57. The summed E-state index contributed by atoms with van der Waals surface area (Å²) in [6.45, 7) is 3.30. The summed E-state index contributed by atoms with van der Waals surface area (Å²) in [6, 6.07) is 0.308. The lowest BCUT2D eigenvalue weighted by molar-refractivity contribution is 0.227. The zero-order chi connectivity index (χ0) is 14.5. The number of likely N-dealkylation sites (tertiary alicyclic amines) is 1. The Balaban J connectivity index is 1.45. The van der Waals surface area contributed by atoms with Crippen molar-refractivity contribution in [1.29, 1.82) is 0 Å². The van der Waals surface area contributed by atoms with E-state index in [4.69, 9.17) is 0 Å². The second kappa shape index (κ2) is 7.47. The maximum atomic E-state index is 13.7. The molecule has 1 N–H and O–H groups in total. The van der Waals surface area contributed by atoms with Crippen LogP contribution in [0.3, 0.4) is 0 Å². The molecule has 21 heavy (non-hydrogen) atoms. The van der Waals surface area contributed by atoms with Crippen LogP contribution >= 0.6 is 11.3 Å². The summed E-state index contributed by atoms with van der Waals surface area (Å²) in [5.41, 5.74) is 0. The van der Waals surface area contributed by atoms with Crippen molar-refractivity contribution in [2.24, 2.45) is 5.92 Å². The molecule has 0 spiro atoms. The van der Waals surface area contributed by atoms with Crippen molar-refractivity contribution in [1.82, 2.24) is 15.2 Å². The molecule has 0 radical (unpaired) electrons. The summed E-state index contributed by atoms with van der Waals surface area (Å²) in [5.74, 6) is 0.755. The van der Waals surface area contributed by atoms with Gasteiger partial charge in [-0.15, -0.1) is 11.3 Å². The third-order valence-corrected chi connectivity index (χ3v) is 5.25. The fourth-order valence-electron chi connectivity index (χ4n) is 3.33. The molecular weight excluding hydrogens is 285 g/mol. The summed E-state index contributed by atoms with van der Waals surface area (Å²) >= 11 is 1.66. The Hall–Kier alpha value is -0.780. The first-order chi connectivity index (χ1) is 10.3. The largest absolute Gasteiger partial charge is 0.315 e. The fourth-order valence-corrected chi connectivity index (χ4v) is 3.97. The topological polar surface area (TPSA) is 28.2 Å². The summed E-state index contributed by atoms with van der Waals surface area (Å²) in [6.07, 6.45) is 10.0. The first-order valence-corrected chi connectivity index (χ1v) is 8.81. The quantitative estimate of drug-likeness (QED) is 0.819. The van der Waals surface area contributed by atoms with Crippen molar-refractivity contribution in [3.63, 3.8) is 0 Å². The van der Waals surface area contributed by atoms with Gasteiger partial charge in [0, 0.05) is 30.7 Å². The zero-order valence-electron chi connectivity index (χ0n) is 12.4. The SMILES string of the molecule is F[C@H]1C[C@@H](CNC[C@@H]2CC=CCC2)N(Cc2nccs2)C1. The van der Waals surface area contributed by atoms with Gasteiger partial charge in [0.1, 0.15) is 11.2 Å². The number of alkyl halides is 1. The number of allylic oxidation sites excluding steroid dienone is 2. The van der Waals surface area contributed by atoms with Crippen LogP contribution in [0.5, 0.6) is 0 Å². The average molecular weight is 309 g/mol. The average Bonchev–Trinajstić information content (AvgIpc) is 3.11. The molecule has 1 aromatic heterocycles. The van der Waals surface area contributed by atoms with E-state index in [1.165, 1.54) is 19.3 Å². The molecule has 0 saturated carbocycles. The minimum absolute atomic E-state index is 0.308. The molecule has 3 atom stereocenters. The number of rotatable bonds is 6. The molecule has 2 heterocycles. The van der Waals surface area contributed by atoms with Crippen LogP contribution in [0, 0.1) is 5.92 Å². The Bertz CT molecular complexity index is 448. The molecule has 0 amide bonds. The van der Waals surface area contributed by atoms with E-state index in [0.29, 0.717) is 19.0 Å². The van der Waals surface area contributed by atoms with Crippen LogP contribution in [0.25, 0.3) is 0 Å². The van der Waals surface area contributed by atoms with Crippen LogP contribution in [0.4, 0.5) is 4.39 Å². The summed E-state index contributed by atoms with van der Waals surface area (Å²) in [7, 11) is 0. The second-order valence-corrected chi connectivity index (χ2v) is 7.13. The van der Waals surface area contributed by atoms with Crippen molar-refractivity contribution in [2.75, 3.05) is 19.6 Å². The Labute approximate surface area is 130 Å². The smallest absolute Gasteiger partial charge is 0.114 e. The van der Waals surface area contributed by atoms with Gasteiger partial charge in [-0.05, 0) is 38.1 Å². The van der Waals surface area contributed by atoms with Crippen LogP contribution < -0.4 is 5.32 Å². The van der Waals surface area contributed by atoms with Crippen molar-refractivity contribution in [3.05, 3.63) is 28.7 Å². The molecule has 116 valence electrons. The van der Waals surface area contributed by atoms with E-state index in [1.807, 2.05) is 11.6 Å². The van der Waals surface area contributed by atoms with Gasteiger partial charge in [0.2, 0.25) is 0 Å². The van der Waals surface area contributed by atoms with Crippen LogP contribution in [-0.2, 0) is 6.54 Å². The molecule has 3 rings (SSSR count). The van der Waals surface area contributed by atoms with Gasteiger partial charge in [0.15, 0.2) is 0 Å². The second-order valence-electron chi connectivity index (χ2n) is 6.15. The molecule has 1 aromatic rings. The van der Waals surface area contributed by atoms with Crippen LogP contribution in [-0.4, -0.2) is 41.7 Å². The molecule has 0 bridgehead atoms. The van der Waals surface area contributed by atoms with E-state index in [2.05, 4.69) is 27.4 Å². The van der Waals surface area contributed by atoms with Gasteiger partial charge < -0.3 is 5.32 Å². The van der Waals surface area contributed by atoms with Gasteiger partial charge in [-0.25, -0.2) is 9.37 Å². The molecule has 1 aliphatic heterocycles. The number of hydrogen-bond donors (Lipinski definition) is 1. The summed E-state index contributed by atoms with van der Waals surface area (Å²) in [5, 5.41) is 6.65. The third kappa shape index (κ3) is 4.34. The van der Waals surface area contributed by atoms with Gasteiger partial charge >= 0.3 is 0 Å². The minimum atomic E-state index is -0.686. The Morgan fingerprint density at radius 1 is 1.38 bits per heavy atom. The maximum absolute atomic E-state index is 13.7. The number of thiazole rings is 1. The zero-order valence-corrected chi connectivity index (χ0v) is 13.2. The lowest BCUT2D eigenvalue weighted by atomic mass is 9.94. The molecule has 5 heteroatoms. The predicted molar refractivity (Wildman–Crippen MR) is 85.2 cm³/mol. The number of hydrogen-bond acceptors (Lipinski definition) is 4. The normalized spacial score (nSPS) is 30.0. The van der Waals surface area contributed by atoms with Crippen LogP contribution in [0.15, 0.2) is 23.7 Å². The highest BCUT2D eigenvalue weighted by molar-refractivity contribution is 7.09. The highest BCUT2D eigenvalue weighted by Crippen LogP contribution is 2.23. The van der Waals surface area contributed by atoms with E-state index in [0.717, 1.165) is 30.6 Å². The van der Waals surface area contributed by atoms with E-state index in [-0.39, 0.29) is 0 Å². The van der Waals surface area contributed by atoms with Gasteiger partial charge in [0.05, 0.1) is 6.54 Å². The van der Waals surface area contributed by atoms with Crippen LogP contribution in [0.2, 0.25) is 0 Å². The van der Waals surface area contributed by atoms with Crippen molar-refractivity contribution >= 4 is 11.3 Å². The highest BCUT2D eigenvalue weighted by atomic mass is 32.1. The van der Waals surface area contributed by atoms with Crippen molar-refractivity contribution in [2.45, 2.75) is 44.4 Å². The van der Waals surface area contributed by atoms with Crippen molar-refractivity contribution < 1.29 is 4.39 Å². The number of aromatic nitrogens is 1. The van der Waals surface area contributed by atoms with Crippen molar-refractivity contribution in [3.8, 4) is 0 Å². The van der Waals surface area contributed by atoms with E-state index >= 15 is 0 Å². The van der Waals surface area contributed by atoms with E-state index in [9.17, 15) is 4.39 Å². The Morgan fingerprint density at radius 2 is 2.33 bits per heavy atom. The predicted octanol–water partition coefficient (Wildman–Crippen LogP) is 3.00. The van der Waals surface area contributed by atoms with Crippen LogP contribution in [0.1, 0.15) is 30.7 Å². The molecule has 3 nitrogen and oxygen atoms in total. The number of nitrogens with one attached hydrogen (secondary N) is 1. The Kier molecular flexibility index (Phi) is 5.38. The first kappa shape index (κ1) is 15.1. The standard InChI is InChI=1S/C16H24FN3S/c17-14-8-15(10-18-9-13-4-2-1-3-5-13)20(11-14)12-16-19-6-7-21-16/h1-2,6-7,13-15,18H,3-5,8-12H2/t13-,14+,15+/m1/s1. The monoisotopic (exact) mass is 309 g/mol. The molecule has 1 fully saturated rings. The fraction of sp³-hybridized carbons (Fsp3) is 0.688. The molecule has 0 unspecified atom stereocenters. The van der Waals surface area contributed by atoms with E-state index < -0.39 is 6.17 Å². The van der Waals surface area contributed by atoms with Gasteiger partial charge in [-0.3, -0.25) is 4.90 Å². The molecule has 1 saturated heterocycles. The molecule has 1 aliphatic carbocycles. The summed E-state index contributed by atoms with van der Waals surface area (Å²) < 4.78 is 13.7. The lowest BCUT2D eigenvalue weighted by Gasteiger charge is -2.25. The first-order valence-electron chi connectivity index (χ1n) is 7.93. The molecule has 0 aromatic carbocycles. The Morgan fingerprint density at radius 3 is 3.10 bits per heavy atom. The number of halogens is 1. The maximum Gasteiger partial charge on any atom is 0.114 e. The number of nitrogens with zero attached hydrogens (tertiary/aromatic N) is 2. The van der Waals surface area contributed by atoms with Gasteiger partial charge in [-0.1, -0.05) is 12.2 Å². The van der Waals surface area contributed by atoms with Gasteiger partial charge in [0.25, 0.3) is 0 Å². The lowest BCUT2D eigenvalue weighted by Crippen LogP contribution is -2.39. The minimum Gasteiger partial charge on any atom is -0.315 e. The van der Waals surface area contributed by atoms with E-state index in [1.54, 1.807) is 11.3 Å².